The van der Waals surface area contributed by atoms with Crippen LogP contribution in [0.5, 0.6) is 0 Å². The Bertz CT molecular complexity index is 335. The van der Waals surface area contributed by atoms with Crippen LogP contribution in [0.15, 0.2) is 0 Å². The second-order valence-corrected chi connectivity index (χ2v) is 5.39. The minimum Gasteiger partial charge on any atom is -0.373 e. The maximum atomic E-state index is 14.4. The quantitative estimate of drug-likeness (QED) is 0.766. The van der Waals surface area contributed by atoms with Crippen molar-refractivity contribution in [2.75, 3.05) is 0 Å². The minimum absolute atomic E-state index is 0.132. The monoisotopic (exact) mass is 310 g/mol. The van der Waals surface area contributed by atoms with Gasteiger partial charge in [-0.15, -0.1) is 0 Å². The molecule has 1 rings (SSSR count). The fourth-order valence-corrected chi connectivity index (χ4v) is 3.12. The number of hydrogen-bond acceptors (Lipinski definition) is 1. The van der Waals surface area contributed by atoms with E-state index in [1.807, 2.05) is 0 Å². The molecule has 0 spiro atoms. The van der Waals surface area contributed by atoms with Crippen LogP contribution in [0.1, 0.15) is 39.5 Å². The lowest BCUT2D eigenvalue weighted by molar-refractivity contribution is -0.385. The van der Waals surface area contributed by atoms with Crippen LogP contribution in [-0.2, 0) is 0 Å². The normalized spacial score (nSPS) is 32.7. The van der Waals surface area contributed by atoms with Gasteiger partial charge in [-0.25, -0.2) is 4.39 Å². The van der Waals surface area contributed by atoms with Crippen molar-refractivity contribution in [2.45, 2.75) is 63.2 Å². The van der Waals surface area contributed by atoms with Gasteiger partial charge in [0.15, 0.2) is 0 Å². The van der Waals surface area contributed by atoms with Gasteiger partial charge in [-0.05, 0) is 25.2 Å². The van der Waals surface area contributed by atoms with E-state index in [1.165, 1.54) is 13.8 Å². The molecule has 3 atom stereocenters. The third-order valence-corrected chi connectivity index (χ3v) is 4.42. The molecule has 0 heterocycles. The first-order valence-corrected chi connectivity index (χ1v) is 6.38. The molecule has 0 aromatic carbocycles. The summed E-state index contributed by atoms with van der Waals surface area (Å²) in [5.74, 6) is -3.12. The number of rotatable bonds is 3. The van der Waals surface area contributed by atoms with Crippen molar-refractivity contribution >= 4 is 0 Å². The van der Waals surface area contributed by atoms with Gasteiger partial charge in [0, 0.05) is 5.92 Å². The average Bonchev–Trinajstić information content (AvgIpc) is 2.63. The topological polar surface area (TPSA) is 20.2 Å². The molecule has 1 fully saturated rings. The Morgan fingerprint density at radius 2 is 1.50 bits per heavy atom. The summed E-state index contributed by atoms with van der Waals surface area (Å²) in [6, 6.07) is 0. The lowest BCUT2D eigenvalue weighted by atomic mass is 9.83. The summed E-state index contributed by atoms with van der Waals surface area (Å²) in [6.07, 6.45) is -13.4. The molecule has 0 bridgehead atoms. The summed E-state index contributed by atoms with van der Waals surface area (Å²) in [4.78, 5) is 0. The molecule has 0 radical (unpaired) electrons. The van der Waals surface area contributed by atoms with Crippen LogP contribution in [0.25, 0.3) is 0 Å². The summed E-state index contributed by atoms with van der Waals surface area (Å²) in [6.45, 7) is 2.89. The van der Waals surface area contributed by atoms with Crippen molar-refractivity contribution in [3.8, 4) is 0 Å². The highest BCUT2D eigenvalue weighted by molar-refractivity contribution is 5.07. The van der Waals surface area contributed by atoms with Gasteiger partial charge in [0.05, 0.1) is 0 Å². The van der Waals surface area contributed by atoms with Crippen molar-refractivity contribution in [1.29, 1.82) is 0 Å². The molecule has 1 aliphatic rings. The smallest absolute Gasteiger partial charge is 0.373 e. The lowest BCUT2D eigenvalue weighted by Crippen LogP contribution is -2.61. The molecule has 0 aromatic heterocycles. The number of aliphatic hydroxyl groups is 1. The highest BCUT2D eigenvalue weighted by Gasteiger charge is 2.75. The second-order valence-electron chi connectivity index (χ2n) is 5.39. The van der Waals surface area contributed by atoms with E-state index in [1.54, 1.807) is 0 Å². The Kier molecular flexibility index (Phi) is 4.41. The zero-order valence-corrected chi connectivity index (χ0v) is 11.1. The van der Waals surface area contributed by atoms with Crippen LogP contribution in [0.4, 0.5) is 30.7 Å². The van der Waals surface area contributed by atoms with E-state index in [0.29, 0.717) is 0 Å². The number of halogens is 7. The van der Waals surface area contributed by atoms with Gasteiger partial charge < -0.3 is 5.11 Å². The minimum atomic E-state index is -5.88. The molecule has 1 aliphatic carbocycles. The largest absolute Gasteiger partial charge is 0.426 e. The Balaban J connectivity index is 3.21. The van der Waals surface area contributed by atoms with Crippen molar-refractivity contribution in [3.05, 3.63) is 0 Å². The van der Waals surface area contributed by atoms with Crippen LogP contribution in [-0.4, -0.2) is 28.7 Å². The molecule has 1 N–H and O–H groups in total. The van der Waals surface area contributed by atoms with Gasteiger partial charge in [-0.3, -0.25) is 0 Å². The van der Waals surface area contributed by atoms with Crippen molar-refractivity contribution < 1.29 is 35.8 Å². The summed E-state index contributed by atoms with van der Waals surface area (Å²) >= 11 is 0. The van der Waals surface area contributed by atoms with Gasteiger partial charge in [0.1, 0.15) is 5.67 Å². The SMILES string of the molecule is CCC1CC(C(O)(C(F)(F)F)C(F)(F)F)CC1(F)CC. The standard InChI is InChI=1S/C12H17F7O/c1-3-7-5-8(6-9(7,13)4-2)10(20,11(14,15)16)12(17,18)19/h7-8,20H,3-6H2,1-2H3. The molecule has 120 valence electrons. The Morgan fingerprint density at radius 3 is 1.75 bits per heavy atom. The zero-order chi connectivity index (χ0) is 16.0. The Morgan fingerprint density at radius 1 is 1.05 bits per heavy atom. The van der Waals surface area contributed by atoms with E-state index in [0.717, 1.165) is 0 Å². The molecule has 3 unspecified atom stereocenters. The van der Waals surface area contributed by atoms with Gasteiger partial charge >= 0.3 is 12.4 Å². The first-order valence-electron chi connectivity index (χ1n) is 6.38. The van der Waals surface area contributed by atoms with Crippen molar-refractivity contribution in [2.24, 2.45) is 11.8 Å². The van der Waals surface area contributed by atoms with Gasteiger partial charge in [-0.2, -0.15) is 26.3 Å². The molecular formula is C12H17F7O. The summed E-state index contributed by atoms with van der Waals surface area (Å²) in [7, 11) is 0. The predicted octanol–water partition coefficient (Wildman–Crippen LogP) is 4.40. The van der Waals surface area contributed by atoms with E-state index in [2.05, 4.69) is 0 Å². The highest BCUT2D eigenvalue weighted by Crippen LogP contribution is 2.57. The first kappa shape index (κ1) is 17.5. The molecule has 1 saturated carbocycles. The zero-order valence-electron chi connectivity index (χ0n) is 11.1. The van der Waals surface area contributed by atoms with E-state index >= 15 is 0 Å². The predicted molar refractivity (Wildman–Crippen MR) is 57.7 cm³/mol. The molecule has 20 heavy (non-hydrogen) atoms. The van der Waals surface area contributed by atoms with Crippen LogP contribution in [0.2, 0.25) is 0 Å². The third-order valence-electron chi connectivity index (χ3n) is 4.42. The molecule has 0 saturated heterocycles. The molecular weight excluding hydrogens is 293 g/mol. The molecule has 8 heteroatoms. The number of alkyl halides is 7. The molecule has 1 nitrogen and oxygen atoms in total. The van der Waals surface area contributed by atoms with Crippen LogP contribution >= 0.6 is 0 Å². The van der Waals surface area contributed by atoms with Gasteiger partial charge in [0.25, 0.3) is 5.60 Å². The Labute approximate surface area is 112 Å². The molecule has 0 aliphatic heterocycles. The fraction of sp³-hybridized carbons (Fsp3) is 1.00. The van der Waals surface area contributed by atoms with Crippen LogP contribution < -0.4 is 0 Å². The maximum absolute atomic E-state index is 14.4. The Hall–Kier alpha value is -0.530. The first-order chi connectivity index (χ1) is 8.83. The second kappa shape index (κ2) is 5.03. The summed E-state index contributed by atoms with van der Waals surface area (Å²) in [5, 5.41) is 9.31. The lowest BCUT2D eigenvalue weighted by Gasteiger charge is -2.37. The van der Waals surface area contributed by atoms with Crippen LogP contribution in [0, 0.1) is 11.8 Å². The fourth-order valence-electron chi connectivity index (χ4n) is 3.12. The van der Waals surface area contributed by atoms with E-state index < -0.39 is 48.3 Å². The van der Waals surface area contributed by atoms with E-state index in [9.17, 15) is 35.8 Å². The van der Waals surface area contributed by atoms with E-state index in [4.69, 9.17) is 0 Å². The molecule has 0 amide bonds. The average molecular weight is 310 g/mol. The van der Waals surface area contributed by atoms with Gasteiger partial charge in [0.2, 0.25) is 0 Å². The highest BCUT2D eigenvalue weighted by atomic mass is 19.4. The van der Waals surface area contributed by atoms with E-state index in [-0.39, 0.29) is 12.8 Å². The number of hydrogen-bond donors (Lipinski definition) is 1. The van der Waals surface area contributed by atoms with Crippen LogP contribution in [0.3, 0.4) is 0 Å². The summed E-state index contributed by atoms with van der Waals surface area (Å²) in [5.41, 5.74) is -6.94. The maximum Gasteiger partial charge on any atom is 0.426 e. The van der Waals surface area contributed by atoms with Crippen molar-refractivity contribution in [3.63, 3.8) is 0 Å². The summed E-state index contributed by atoms with van der Waals surface area (Å²) < 4.78 is 90.9. The third kappa shape index (κ3) is 2.51. The van der Waals surface area contributed by atoms with Gasteiger partial charge in [-0.1, -0.05) is 20.3 Å². The molecule has 0 aromatic rings. The van der Waals surface area contributed by atoms with Crippen molar-refractivity contribution in [1.82, 2.24) is 0 Å².